The van der Waals surface area contributed by atoms with Crippen LogP contribution >= 0.6 is 0 Å². The number of hydrogen-bond donors (Lipinski definition) is 1. The van der Waals surface area contributed by atoms with Gasteiger partial charge in [0.25, 0.3) is 5.91 Å². The first-order valence-electron chi connectivity index (χ1n) is 4.17. The highest BCUT2D eigenvalue weighted by Gasteiger charge is 2.04. The zero-order valence-corrected chi connectivity index (χ0v) is 7.82. The quantitative estimate of drug-likeness (QED) is 0.559. The lowest BCUT2D eigenvalue weighted by molar-refractivity contribution is -0.116. The lowest BCUT2D eigenvalue weighted by atomic mass is 10.1. The summed E-state index contributed by atoms with van der Waals surface area (Å²) in [7, 11) is 1.50. The molecular formula is C11H10N2O. The molecule has 0 fully saturated rings. The van der Waals surface area contributed by atoms with Gasteiger partial charge in [0.15, 0.2) is 0 Å². The van der Waals surface area contributed by atoms with Crippen molar-refractivity contribution in [3.05, 3.63) is 41.5 Å². The fourth-order valence-electron chi connectivity index (χ4n) is 0.999. The normalized spacial score (nSPS) is 10.4. The van der Waals surface area contributed by atoms with Crippen molar-refractivity contribution in [2.45, 2.75) is 0 Å². The van der Waals surface area contributed by atoms with Crippen LogP contribution in [0, 0.1) is 11.3 Å². The average Bonchev–Trinajstić information content (AvgIpc) is 2.26. The van der Waals surface area contributed by atoms with E-state index in [1.165, 1.54) is 7.05 Å². The smallest absolute Gasteiger partial charge is 0.261 e. The third kappa shape index (κ3) is 2.46. The van der Waals surface area contributed by atoms with Crippen molar-refractivity contribution < 1.29 is 4.79 Å². The summed E-state index contributed by atoms with van der Waals surface area (Å²) in [6, 6.07) is 11.1. The third-order valence-corrected chi connectivity index (χ3v) is 1.70. The van der Waals surface area contributed by atoms with E-state index in [0.717, 1.165) is 5.56 Å². The first-order valence-corrected chi connectivity index (χ1v) is 4.17. The number of carbonyl (C=O) groups excluding carboxylic acids is 1. The lowest BCUT2D eigenvalue weighted by Crippen LogP contribution is -2.19. The van der Waals surface area contributed by atoms with Crippen molar-refractivity contribution in [2.75, 3.05) is 7.05 Å². The fourth-order valence-corrected chi connectivity index (χ4v) is 0.999. The summed E-state index contributed by atoms with van der Waals surface area (Å²) in [5, 5.41) is 11.1. The number of nitriles is 1. The molecule has 3 heteroatoms. The summed E-state index contributed by atoms with van der Waals surface area (Å²) >= 11 is 0. The van der Waals surface area contributed by atoms with E-state index in [4.69, 9.17) is 5.26 Å². The van der Waals surface area contributed by atoms with Crippen LogP contribution in [0.3, 0.4) is 0 Å². The third-order valence-electron chi connectivity index (χ3n) is 1.70. The second kappa shape index (κ2) is 4.83. The van der Waals surface area contributed by atoms with E-state index in [2.05, 4.69) is 5.32 Å². The summed E-state index contributed by atoms with van der Waals surface area (Å²) in [6.45, 7) is 0. The molecule has 0 spiro atoms. The molecule has 1 amide bonds. The van der Waals surface area contributed by atoms with Crippen molar-refractivity contribution in [2.24, 2.45) is 0 Å². The summed E-state index contributed by atoms with van der Waals surface area (Å²) in [6.07, 6.45) is 1.55. The maximum absolute atomic E-state index is 11.1. The van der Waals surface area contributed by atoms with Gasteiger partial charge in [-0.2, -0.15) is 5.26 Å². The molecule has 0 aliphatic heterocycles. The Morgan fingerprint density at radius 1 is 1.43 bits per heavy atom. The summed E-state index contributed by atoms with van der Waals surface area (Å²) in [5.41, 5.74) is 0.950. The zero-order chi connectivity index (χ0) is 10.4. The Balaban J connectivity index is 2.97. The second-order valence-electron chi connectivity index (χ2n) is 2.66. The van der Waals surface area contributed by atoms with Gasteiger partial charge in [-0.1, -0.05) is 30.3 Å². The highest BCUT2D eigenvalue weighted by molar-refractivity contribution is 6.01. The molecule has 1 N–H and O–H groups in total. The van der Waals surface area contributed by atoms with E-state index in [0.29, 0.717) is 0 Å². The number of carbonyl (C=O) groups is 1. The van der Waals surface area contributed by atoms with E-state index >= 15 is 0 Å². The van der Waals surface area contributed by atoms with Gasteiger partial charge >= 0.3 is 0 Å². The molecule has 0 atom stereocenters. The number of amides is 1. The van der Waals surface area contributed by atoms with E-state index in [1.807, 2.05) is 36.4 Å². The van der Waals surface area contributed by atoms with Gasteiger partial charge in [-0.25, -0.2) is 0 Å². The summed E-state index contributed by atoms with van der Waals surface area (Å²) in [5.74, 6) is -0.364. The zero-order valence-electron chi connectivity index (χ0n) is 7.82. The fraction of sp³-hybridized carbons (Fsp3) is 0.0909. The minimum atomic E-state index is -0.364. The molecule has 0 saturated carbocycles. The number of nitrogens with one attached hydrogen (secondary N) is 1. The first-order chi connectivity index (χ1) is 6.77. The molecule has 0 bridgehead atoms. The lowest BCUT2D eigenvalue weighted by Gasteiger charge is -1.96. The first kappa shape index (κ1) is 10.0. The molecule has 0 aliphatic carbocycles. The van der Waals surface area contributed by atoms with Crippen LogP contribution in [0.2, 0.25) is 0 Å². The molecule has 1 aromatic carbocycles. The van der Waals surface area contributed by atoms with Gasteiger partial charge in [0, 0.05) is 7.05 Å². The van der Waals surface area contributed by atoms with Crippen LogP contribution < -0.4 is 5.32 Å². The Hall–Kier alpha value is -2.08. The molecule has 0 heterocycles. The molecule has 1 aromatic rings. The number of nitrogens with zero attached hydrogens (tertiary/aromatic N) is 1. The SMILES string of the molecule is CNC(=O)/C(C#N)=C/c1ccccc1. The minimum Gasteiger partial charge on any atom is -0.354 e. The van der Waals surface area contributed by atoms with Gasteiger partial charge < -0.3 is 5.32 Å². The van der Waals surface area contributed by atoms with E-state index < -0.39 is 0 Å². The molecule has 0 unspecified atom stereocenters. The molecule has 3 nitrogen and oxygen atoms in total. The van der Waals surface area contributed by atoms with Crippen LogP contribution in [0.25, 0.3) is 6.08 Å². The van der Waals surface area contributed by atoms with Gasteiger partial charge in [-0.05, 0) is 11.6 Å². The molecule has 0 aromatic heterocycles. The van der Waals surface area contributed by atoms with Crippen LogP contribution in [0.4, 0.5) is 0 Å². The van der Waals surface area contributed by atoms with Gasteiger partial charge in [0.1, 0.15) is 11.6 Å². The minimum absolute atomic E-state index is 0.110. The standard InChI is InChI=1S/C11H10N2O/c1-13-11(14)10(8-12)7-9-5-3-2-4-6-9/h2-7H,1H3,(H,13,14)/b10-7+. The Kier molecular flexibility index (Phi) is 3.45. The molecule has 0 aliphatic rings. The van der Waals surface area contributed by atoms with Crippen molar-refractivity contribution in [1.82, 2.24) is 5.32 Å². The topological polar surface area (TPSA) is 52.9 Å². The van der Waals surface area contributed by atoms with Crippen LogP contribution in [-0.4, -0.2) is 13.0 Å². The van der Waals surface area contributed by atoms with Gasteiger partial charge in [0.05, 0.1) is 0 Å². The van der Waals surface area contributed by atoms with E-state index in [-0.39, 0.29) is 11.5 Å². The molecule has 70 valence electrons. The number of likely N-dealkylation sites (N-methyl/N-ethyl adjacent to an activating group) is 1. The molecule has 0 radical (unpaired) electrons. The highest BCUT2D eigenvalue weighted by Crippen LogP contribution is 2.05. The van der Waals surface area contributed by atoms with Crippen LogP contribution in [0.1, 0.15) is 5.56 Å². The van der Waals surface area contributed by atoms with Crippen LogP contribution in [0.5, 0.6) is 0 Å². The molecule has 0 saturated heterocycles. The van der Waals surface area contributed by atoms with Gasteiger partial charge in [-0.3, -0.25) is 4.79 Å². The van der Waals surface area contributed by atoms with Gasteiger partial charge in [-0.15, -0.1) is 0 Å². The average molecular weight is 186 g/mol. The largest absolute Gasteiger partial charge is 0.354 e. The van der Waals surface area contributed by atoms with Crippen LogP contribution in [0.15, 0.2) is 35.9 Å². The number of hydrogen-bond acceptors (Lipinski definition) is 2. The molecule has 1 rings (SSSR count). The predicted octanol–water partition coefficient (Wildman–Crippen LogP) is 1.34. The number of benzene rings is 1. The van der Waals surface area contributed by atoms with E-state index in [1.54, 1.807) is 6.08 Å². The highest BCUT2D eigenvalue weighted by atomic mass is 16.1. The Labute approximate surface area is 82.7 Å². The monoisotopic (exact) mass is 186 g/mol. The van der Waals surface area contributed by atoms with Crippen molar-refractivity contribution in [3.8, 4) is 6.07 Å². The Morgan fingerprint density at radius 2 is 2.07 bits per heavy atom. The van der Waals surface area contributed by atoms with Gasteiger partial charge in [0.2, 0.25) is 0 Å². The van der Waals surface area contributed by atoms with Crippen molar-refractivity contribution >= 4 is 12.0 Å². The Bertz CT molecular complexity index is 387. The summed E-state index contributed by atoms with van der Waals surface area (Å²) < 4.78 is 0. The molecule has 14 heavy (non-hydrogen) atoms. The maximum Gasteiger partial charge on any atom is 0.261 e. The van der Waals surface area contributed by atoms with Crippen LogP contribution in [-0.2, 0) is 4.79 Å². The Morgan fingerprint density at radius 3 is 2.57 bits per heavy atom. The van der Waals surface area contributed by atoms with Crippen molar-refractivity contribution in [3.63, 3.8) is 0 Å². The second-order valence-corrected chi connectivity index (χ2v) is 2.66. The number of rotatable bonds is 2. The maximum atomic E-state index is 11.1. The molecular weight excluding hydrogens is 176 g/mol. The predicted molar refractivity (Wildman–Crippen MR) is 54.1 cm³/mol. The summed E-state index contributed by atoms with van der Waals surface area (Å²) in [4.78, 5) is 11.1. The van der Waals surface area contributed by atoms with E-state index in [9.17, 15) is 4.79 Å². The van der Waals surface area contributed by atoms with Crippen molar-refractivity contribution in [1.29, 1.82) is 5.26 Å².